The number of aliphatic hydroxyl groups excluding tert-OH is 2. The zero-order chi connectivity index (χ0) is 26.1. The molecule has 4 rings (SSSR count). The van der Waals surface area contributed by atoms with E-state index >= 15 is 0 Å². The molecule has 11 heteroatoms. The number of amides is 2. The fourth-order valence-corrected chi connectivity index (χ4v) is 7.20. The standard InChI is InChI=1S/C25H33ClN4O5S/c1-24-6-4-18(32)25(2,13-31)17(24)12-16-21(15(24)11-20(33)28-8-9-35-3)29-23(36-16)30-22(34)14-5-7-27-19(26)10-14/h5,7,10,15,17-18,31-32H,4,6,8-9,11-13H2,1-3H3,(H,28,33)(H,29,30,34). The molecule has 0 aromatic carbocycles. The van der Waals surface area contributed by atoms with Crippen molar-refractivity contribution in [2.24, 2.45) is 16.7 Å². The highest BCUT2D eigenvalue weighted by molar-refractivity contribution is 7.15. The van der Waals surface area contributed by atoms with E-state index in [4.69, 9.17) is 21.3 Å². The van der Waals surface area contributed by atoms with Crippen molar-refractivity contribution in [3.8, 4) is 0 Å². The summed E-state index contributed by atoms with van der Waals surface area (Å²) in [7, 11) is 1.58. The number of anilines is 1. The molecule has 0 spiro atoms. The van der Waals surface area contributed by atoms with Crippen molar-refractivity contribution >= 4 is 39.9 Å². The highest BCUT2D eigenvalue weighted by Gasteiger charge is 2.59. The Balaban J connectivity index is 1.68. The molecule has 5 unspecified atom stereocenters. The summed E-state index contributed by atoms with van der Waals surface area (Å²) in [5.74, 6) is -0.749. The Bertz CT molecular complexity index is 1130. The number of thiazole rings is 1. The van der Waals surface area contributed by atoms with E-state index in [9.17, 15) is 19.8 Å². The minimum atomic E-state index is -0.712. The van der Waals surface area contributed by atoms with Gasteiger partial charge in [0, 0.05) is 48.0 Å². The fourth-order valence-electron chi connectivity index (χ4n) is 5.96. The van der Waals surface area contributed by atoms with Gasteiger partial charge in [0.1, 0.15) is 5.15 Å². The van der Waals surface area contributed by atoms with E-state index in [-0.39, 0.29) is 47.2 Å². The lowest BCUT2D eigenvalue weighted by atomic mass is 9.47. The summed E-state index contributed by atoms with van der Waals surface area (Å²) in [6.45, 7) is 4.75. The second-order valence-corrected chi connectivity index (χ2v) is 11.7. The first-order valence-corrected chi connectivity index (χ1v) is 13.3. The lowest BCUT2D eigenvalue weighted by molar-refractivity contribution is -0.144. The number of halogens is 1. The summed E-state index contributed by atoms with van der Waals surface area (Å²) in [5, 5.41) is 27.7. The van der Waals surface area contributed by atoms with Crippen LogP contribution in [0.3, 0.4) is 0 Å². The van der Waals surface area contributed by atoms with Crippen molar-refractivity contribution in [1.29, 1.82) is 0 Å². The number of carbonyl (C=O) groups is 2. The Morgan fingerprint density at radius 3 is 2.83 bits per heavy atom. The number of pyridine rings is 1. The van der Waals surface area contributed by atoms with E-state index in [0.29, 0.717) is 43.1 Å². The van der Waals surface area contributed by atoms with Crippen molar-refractivity contribution in [3.05, 3.63) is 39.6 Å². The lowest BCUT2D eigenvalue weighted by Gasteiger charge is -2.58. The van der Waals surface area contributed by atoms with Crippen LogP contribution in [-0.2, 0) is 16.0 Å². The number of aromatic nitrogens is 2. The quantitative estimate of drug-likeness (QED) is 0.301. The fraction of sp³-hybridized carbons (Fsp3) is 0.600. The van der Waals surface area contributed by atoms with E-state index in [0.717, 1.165) is 10.6 Å². The number of fused-ring (bicyclic) bond motifs is 2. The first kappa shape index (κ1) is 26.9. The maximum absolute atomic E-state index is 12.9. The number of nitrogens with one attached hydrogen (secondary N) is 2. The van der Waals surface area contributed by atoms with Gasteiger partial charge in [-0.1, -0.05) is 25.4 Å². The number of methoxy groups -OCH3 is 1. The summed E-state index contributed by atoms with van der Waals surface area (Å²) in [5.41, 5.74) is 0.0988. The van der Waals surface area contributed by atoms with Gasteiger partial charge in [-0.3, -0.25) is 14.9 Å². The minimum Gasteiger partial charge on any atom is -0.396 e. The molecule has 2 amide bonds. The zero-order valence-corrected chi connectivity index (χ0v) is 22.3. The van der Waals surface area contributed by atoms with Crippen LogP contribution in [-0.4, -0.2) is 65.0 Å². The number of aliphatic hydroxyl groups is 2. The summed E-state index contributed by atoms with van der Waals surface area (Å²) >= 11 is 7.31. The zero-order valence-electron chi connectivity index (χ0n) is 20.7. The van der Waals surface area contributed by atoms with Crippen LogP contribution < -0.4 is 10.6 Å². The van der Waals surface area contributed by atoms with Crippen molar-refractivity contribution in [1.82, 2.24) is 15.3 Å². The highest BCUT2D eigenvalue weighted by Crippen LogP contribution is 2.62. The molecule has 2 heterocycles. The molecule has 1 saturated carbocycles. The minimum absolute atomic E-state index is 0.0639. The predicted molar refractivity (Wildman–Crippen MR) is 137 cm³/mol. The Morgan fingerprint density at radius 1 is 1.36 bits per heavy atom. The Labute approximate surface area is 219 Å². The van der Waals surface area contributed by atoms with Crippen LogP contribution in [0.25, 0.3) is 0 Å². The Morgan fingerprint density at radius 2 is 2.14 bits per heavy atom. The molecular weight excluding hydrogens is 504 g/mol. The molecule has 1 fully saturated rings. The third-order valence-electron chi connectivity index (χ3n) is 8.12. The van der Waals surface area contributed by atoms with Gasteiger partial charge in [-0.25, -0.2) is 9.97 Å². The molecule has 5 atom stereocenters. The van der Waals surface area contributed by atoms with Gasteiger partial charge in [0.15, 0.2) is 5.13 Å². The van der Waals surface area contributed by atoms with Crippen LogP contribution in [0.1, 0.15) is 60.0 Å². The molecule has 196 valence electrons. The number of hydrogen-bond acceptors (Lipinski definition) is 8. The van der Waals surface area contributed by atoms with Crippen LogP contribution in [0.5, 0.6) is 0 Å². The van der Waals surface area contributed by atoms with Gasteiger partial charge >= 0.3 is 0 Å². The van der Waals surface area contributed by atoms with Gasteiger partial charge in [0.2, 0.25) is 5.91 Å². The molecule has 9 nitrogen and oxygen atoms in total. The van der Waals surface area contributed by atoms with Crippen LogP contribution >= 0.6 is 22.9 Å². The first-order valence-electron chi connectivity index (χ1n) is 12.1. The maximum Gasteiger partial charge on any atom is 0.257 e. The molecular formula is C25H33ClN4O5S. The maximum atomic E-state index is 12.9. The SMILES string of the molecule is COCCNC(=O)CC1c2nc(NC(=O)c3ccnc(Cl)c3)sc2CC2C(C)(CO)C(O)CCC12C. The smallest absolute Gasteiger partial charge is 0.257 e. The molecule has 36 heavy (non-hydrogen) atoms. The number of rotatable bonds is 8. The summed E-state index contributed by atoms with van der Waals surface area (Å²) < 4.78 is 5.05. The normalized spacial score (nSPS) is 29.2. The van der Waals surface area contributed by atoms with Gasteiger partial charge in [-0.2, -0.15) is 0 Å². The van der Waals surface area contributed by atoms with Gasteiger partial charge in [0.25, 0.3) is 5.91 Å². The first-order chi connectivity index (χ1) is 17.1. The van der Waals surface area contributed by atoms with E-state index in [1.54, 1.807) is 13.2 Å². The Kier molecular flexibility index (Phi) is 8.01. The number of carbonyl (C=O) groups excluding carboxylic acids is 2. The molecule has 0 saturated heterocycles. The highest BCUT2D eigenvalue weighted by atomic mass is 35.5. The topological polar surface area (TPSA) is 134 Å². The summed E-state index contributed by atoms with van der Waals surface area (Å²) in [6.07, 6.45) is 2.90. The summed E-state index contributed by atoms with van der Waals surface area (Å²) in [6, 6.07) is 3.06. The molecule has 0 bridgehead atoms. The Hall–Kier alpha value is -2.11. The van der Waals surface area contributed by atoms with E-state index in [1.165, 1.54) is 23.6 Å². The van der Waals surface area contributed by atoms with Crippen molar-refractivity contribution in [3.63, 3.8) is 0 Å². The molecule has 2 aromatic heterocycles. The van der Waals surface area contributed by atoms with Crippen LogP contribution in [0, 0.1) is 16.7 Å². The van der Waals surface area contributed by atoms with Crippen LogP contribution in [0.15, 0.2) is 18.3 Å². The second kappa shape index (κ2) is 10.7. The van der Waals surface area contributed by atoms with E-state index in [2.05, 4.69) is 22.5 Å². The predicted octanol–water partition coefficient (Wildman–Crippen LogP) is 3.01. The van der Waals surface area contributed by atoms with Crippen molar-refractivity contribution in [2.45, 2.75) is 51.6 Å². The van der Waals surface area contributed by atoms with Gasteiger partial charge in [-0.15, -0.1) is 11.3 Å². The molecule has 2 aliphatic rings. The van der Waals surface area contributed by atoms with Crippen LogP contribution in [0.4, 0.5) is 5.13 Å². The molecule has 0 radical (unpaired) electrons. The number of hydrogen-bond donors (Lipinski definition) is 4. The van der Waals surface area contributed by atoms with Crippen molar-refractivity contribution in [2.75, 3.05) is 32.2 Å². The average Bonchev–Trinajstić information content (AvgIpc) is 3.25. The summed E-state index contributed by atoms with van der Waals surface area (Å²) in [4.78, 5) is 35.4. The van der Waals surface area contributed by atoms with Gasteiger partial charge in [-0.05, 0) is 42.7 Å². The van der Waals surface area contributed by atoms with Crippen molar-refractivity contribution < 1.29 is 24.5 Å². The monoisotopic (exact) mass is 536 g/mol. The van der Waals surface area contributed by atoms with E-state index < -0.39 is 11.5 Å². The lowest BCUT2D eigenvalue weighted by Crippen LogP contribution is -2.57. The van der Waals surface area contributed by atoms with Crippen LogP contribution in [0.2, 0.25) is 5.15 Å². The van der Waals surface area contributed by atoms with E-state index in [1.807, 2.05) is 6.92 Å². The number of ether oxygens (including phenoxy) is 1. The molecule has 2 aromatic rings. The third-order valence-corrected chi connectivity index (χ3v) is 9.34. The molecule has 2 aliphatic carbocycles. The third kappa shape index (κ3) is 5.02. The van der Waals surface area contributed by atoms with Gasteiger partial charge in [0.05, 0.1) is 25.0 Å². The van der Waals surface area contributed by atoms with Gasteiger partial charge < -0.3 is 20.3 Å². The average molecular weight is 537 g/mol. The second-order valence-electron chi connectivity index (χ2n) is 10.2. The molecule has 4 N–H and O–H groups in total. The molecule has 0 aliphatic heterocycles. The largest absolute Gasteiger partial charge is 0.396 e. The number of nitrogens with zero attached hydrogens (tertiary/aromatic N) is 2.